The molecule has 0 saturated carbocycles. The van der Waals surface area contributed by atoms with E-state index in [4.69, 9.17) is 9.47 Å². The summed E-state index contributed by atoms with van der Waals surface area (Å²) in [5.74, 6) is -1.48. The molecular weight excluding hydrogens is 308 g/mol. The molecule has 0 spiro atoms. The van der Waals surface area contributed by atoms with Crippen molar-refractivity contribution in [3.05, 3.63) is 35.5 Å². The molecule has 1 aliphatic heterocycles. The number of hydrogen-bond donors (Lipinski definition) is 1. The molecule has 0 bridgehead atoms. The van der Waals surface area contributed by atoms with Gasteiger partial charge in [0.2, 0.25) is 0 Å². The van der Waals surface area contributed by atoms with Crippen molar-refractivity contribution in [2.75, 3.05) is 6.61 Å². The molecule has 1 aliphatic carbocycles. The minimum absolute atomic E-state index is 0.100. The maximum Gasteiger partial charge on any atom is 0.334 e. The molecule has 0 aromatic rings. The second-order valence-corrected chi connectivity index (χ2v) is 6.83. The van der Waals surface area contributed by atoms with Crippen LogP contribution in [0.5, 0.6) is 0 Å². The first-order valence-corrected chi connectivity index (χ1v) is 8.39. The molecule has 24 heavy (non-hydrogen) atoms. The van der Waals surface area contributed by atoms with Crippen molar-refractivity contribution in [2.24, 2.45) is 11.8 Å². The van der Waals surface area contributed by atoms with Crippen molar-refractivity contribution in [3.8, 4) is 0 Å². The molecule has 1 saturated heterocycles. The van der Waals surface area contributed by atoms with Crippen LogP contribution in [0.15, 0.2) is 35.5 Å². The van der Waals surface area contributed by atoms with Gasteiger partial charge in [0.15, 0.2) is 0 Å². The predicted molar refractivity (Wildman–Crippen MR) is 90.0 cm³/mol. The van der Waals surface area contributed by atoms with Crippen molar-refractivity contribution in [3.63, 3.8) is 0 Å². The fourth-order valence-corrected chi connectivity index (χ4v) is 3.05. The molecule has 3 unspecified atom stereocenters. The molecule has 1 fully saturated rings. The van der Waals surface area contributed by atoms with Gasteiger partial charge in [0, 0.05) is 12.0 Å². The Kier molecular flexibility index (Phi) is 5.99. The van der Waals surface area contributed by atoms with Gasteiger partial charge >= 0.3 is 11.9 Å². The van der Waals surface area contributed by atoms with E-state index in [-0.39, 0.29) is 18.5 Å². The van der Waals surface area contributed by atoms with Gasteiger partial charge < -0.3 is 14.6 Å². The van der Waals surface area contributed by atoms with Gasteiger partial charge in [0.1, 0.15) is 12.2 Å². The first-order chi connectivity index (χ1) is 11.3. The Hall–Kier alpha value is -1.88. The molecule has 0 amide bonds. The highest BCUT2D eigenvalue weighted by Gasteiger charge is 2.44. The van der Waals surface area contributed by atoms with E-state index < -0.39 is 24.1 Å². The van der Waals surface area contributed by atoms with Gasteiger partial charge in [-0.3, -0.25) is 4.79 Å². The molecule has 2 rings (SSSR count). The van der Waals surface area contributed by atoms with Crippen LogP contribution in [0.3, 0.4) is 0 Å². The second kappa shape index (κ2) is 7.79. The maximum absolute atomic E-state index is 12.1. The van der Waals surface area contributed by atoms with E-state index in [1.54, 1.807) is 13.8 Å². The molecule has 0 radical (unpaired) electrons. The SMILES string of the molecule is C=C1C(=O)OC2C=C(C)CCC=C(CO)CC(OC(=O)C(C)C)C12. The minimum atomic E-state index is -0.579. The number of aliphatic hydroxyl groups excluding tert-OH is 1. The minimum Gasteiger partial charge on any atom is -0.461 e. The Morgan fingerprint density at radius 1 is 1.50 bits per heavy atom. The Balaban J connectivity index is 2.39. The van der Waals surface area contributed by atoms with Gasteiger partial charge in [-0.1, -0.05) is 32.1 Å². The topological polar surface area (TPSA) is 72.8 Å². The van der Waals surface area contributed by atoms with Crippen LogP contribution >= 0.6 is 0 Å². The molecule has 0 aromatic carbocycles. The molecule has 0 aromatic heterocycles. The maximum atomic E-state index is 12.1. The average Bonchev–Trinajstić information content (AvgIpc) is 2.79. The average molecular weight is 334 g/mol. The highest BCUT2D eigenvalue weighted by Crippen LogP contribution is 2.36. The zero-order valence-corrected chi connectivity index (χ0v) is 14.6. The van der Waals surface area contributed by atoms with Crippen LogP contribution in [-0.4, -0.2) is 35.9 Å². The summed E-state index contributed by atoms with van der Waals surface area (Å²) in [7, 11) is 0. The molecule has 1 N–H and O–H groups in total. The van der Waals surface area contributed by atoms with Crippen molar-refractivity contribution in [2.45, 2.75) is 52.2 Å². The van der Waals surface area contributed by atoms with Crippen molar-refractivity contribution in [1.82, 2.24) is 0 Å². The lowest BCUT2D eigenvalue weighted by atomic mass is 9.85. The summed E-state index contributed by atoms with van der Waals surface area (Å²) in [5.41, 5.74) is 2.22. The van der Waals surface area contributed by atoms with Crippen LogP contribution in [-0.2, 0) is 19.1 Å². The molecule has 5 heteroatoms. The van der Waals surface area contributed by atoms with Crippen molar-refractivity contribution >= 4 is 11.9 Å². The first-order valence-electron chi connectivity index (χ1n) is 8.39. The second-order valence-electron chi connectivity index (χ2n) is 6.83. The number of aliphatic hydroxyl groups is 1. The number of rotatable bonds is 3. The van der Waals surface area contributed by atoms with Gasteiger partial charge in [0.25, 0.3) is 0 Å². The number of hydrogen-bond acceptors (Lipinski definition) is 5. The van der Waals surface area contributed by atoms with Crippen molar-refractivity contribution in [1.29, 1.82) is 0 Å². The lowest BCUT2D eigenvalue weighted by molar-refractivity contribution is -0.155. The van der Waals surface area contributed by atoms with E-state index in [1.165, 1.54) is 0 Å². The van der Waals surface area contributed by atoms with E-state index in [1.807, 2.05) is 19.1 Å². The Labute approximate surface area is 143 Å². The molecule has 3 atom stereocenters. The standard InChI is InChI=1S/C19H26O5/c1-11(2)18(21)23-16-9-14(10-20)7-5-6-12(3)8-15-17(16)13(4)19(22)24-15/h7-8,11,15-17,20H,4-6,9-10H2,1-3H3. The third-order valence-electron chi connectivity index (χ3n) is 4.49. The van der Waals surface area contributed by atoms with E-state index in [2.05, 4.69) is 6.58 Å². The normalized spacial score (nSPS) is 28.0. The summed E-state index contributed by atoms with van der Waals surface area (Å²) in [4.78, 5) is 24.1. The van der Waals surface area contributed by atoms with E-state index >= 15 is 0 Å². The van der Waals surface area contributed by atoms with E-state index in [0.29, 0.717) is 12.0 Å². The molecular formula is C19H26O5. The fourth-order valence-electron chi connectivity index (χ4n) is 3.05. The molecule has 2 aliphatic rings. The number of allylic oxidation sites excluding steroid dienone is 2. The summed E-state index contributed by atoms with van der Waals surface area (Å²) in [6.07, 6.45) is 4.84. The fraction of sp³-hybridized carbons (Fsp3) is 0.579. The summed E-state index contributed by atoms with van der Waals surface area (Å²) >= 11 is 0. The summed E-state index contributed by atoms with van der Waals surface area (Å²) in [6.45, 7) is 9.25. The zero-order valence-electron chi connectivity index (χ0n) is 14.6. The number of carbonyl (C=O) groups excluding carboxylic acids is 2. The third-order valence-corrected chi connectivity index (χ3v) is 4.49. The van der Waals surface area contributed by atoms with Gasteiger partial charge in [-0.15, -0.1) is 0 Å². The van der Waals surface area contributed by atoms with Gasteiger partial charge in [-0.2, -0.15) is 0 Å². The number of esters is 2. The lowest BCUT2D eigenvalue weighted by Crippen LogP contribution is -2.34. The largest absolute Gasteiger partial charge is 0.461 e. The highest BCUT2D eigenvalue weighted by molar-refractivity contribution is 5.91. The Morgan fingerprint density at radius 3 is 2.83 bits per heavy atom. The van der Waals surface area contributed by atoms with Gasteiger partial charge in [-0.05, 0) is 31.4 Å². The summed E-state index contributed by atoms with van der Waals surface area (Å²) < 4.78 is 11.1. The highest BCUT2D eigenvalue weighted by atomic mass is 16.6. The zero-order chi connectivity index (χ0) is 17.9. The summed E-state index contributed by atoms with van der Waals surface area (Å²) in [5, 5.41) is 9.61. The van der Waals surface area contributed by atoms with Crippen molar-refractivity contribution < 1.29 is 24.2 Å². The van der Waals surface area contributed by atoms with Crippen LogP contribution in [0.25, 0.3) is 0 Å². The number of carbonyl (C=O) groups is 2. The van der Waals surface area contributed by atoms with E-state index in [0.717, 1.165) is 24.0 Å². The van der Waals surface area contributed by atoms with Crippen LogP contribution in [0.2, 0.25) is 0 Å². The number of fused-ring (bicyclic) bond motifs is 1. The lowest BCUT2D eigenvalue weighted by Gasteiger charge is -2.28. The molecule has 1 heterocycles. The van der Waals surface area contributed by atoms with Crippen LogP contribution in [0.4, 0.5) is 0 Å². The third kappa shape index (κ3) is 4.15. The van der Waals surface area contributed by atoms with E-state index in [9.17, 15) is 14.7 Å². The number of ether oxygens (including phenoxy) is 2. The quantitative estimate of drug-likeness (QED) is 0.488. The smallest absolute Gasteiger partial charge is 0.334 e. The van der Waals surface area contributed by atoms with Crippen LogP contribution < -0.4 is 0 Å². The Morgan fingerprint density at radius 2 is 2.21 bits per heavy atom. The van der Waals surface area contributed by atoms with Gasteiger partial charge in [-0.25, -0.2) is 4.79 Å². The molecule has 132 valence electrons. The monoisotopic (exact) mass is 334 g/mol. The van der Waals surface area contributed by atoms with Crippen LogP contribution in [0.1, 0.15) is 40.0 Å². The van der Waals surface area contributed by atoms with Gasteiger partial charge in [0.05, 0.1) is 18.4 Å². The first kappa shape index (κ1) is 18.5. The van der Waals surface area contributed by atoms with Crippen LogP contribution in [0, 0.1) is 11.8 Å². The predicted octanol–water partition coefficient (Wildman–Crippen LogP) is 2.70. The molecule has 5 nitrogen and oxygen atoms in total. The Bertz CT molecular complexity index is 585. The summed E-state index contributed by atoms with van der Waals surface area (Å²) in [6, 6.07) is 0.